The van der Waals surface area contributed by atoms with Crippen molar-refractivity contribution in [2.45, 2.75) is 148 Å². The Morgan fingerprint density at radius 2 is 1.73 bits per heavy atom. The fourth-order valence-corrected chi connectivity index (χ4v) is 8.14. The van der Waals surface area contributed by atoms with E-state index in [0.717, 1.165) is 69.9 Å². The third-order valence-electron chi connectivity index (χ3n) is 11.5. The van der Waals surface area contributed by atoms with Gasteiger partial charge < -0.3 is 34.7 Å². The first-order chi connectivity index (χ1) is 26.7. The van der Waals surface area contributed by atoms with Gasteiger partial charge in [-0.1, -0.05) is 96.0 Å². The van der Waals surface area contributed by atoms with Crippen molar-refractivity contribution < 1.29 is 29.0 Å². The van der Waals surface area contributed by atoms with Crippen molar-refractivity contribution in [1.82, 2.24) is 30.4 Å². The molecule has 1 saturated heterocycles. The van der Waals surface area contributed by atoms with Gasteiger partial charge in [-0.15, -0.1) is 0 Å². The second kappa shape index (κ2) is 24.3. The van der Waals surface area contributed by atoms with E-state index < -0.39 is 30.1 Å². The van der Waals surface area contributed by atoms with E-state index in [4.69, 9.17) is 9.47 Å². The van der Waals surface area contributed by atoms with Crippen LogP contribution in [0.25, 0.3) is 0 Å². The molecular formula is C43H70N6O6. The molecule has 2 heterocycles. The maximum atomic E-state index is 14.4. The number of imidazole rings is 1. The molecule has 0 spiro atoms. The number of hydrogen-bond acceptors (Lipinski definition) is 8. The van der Waals surface area contributed by atoms with Crippen molar-refractivity contribution in [3.8, 4) is 0 Å². The van der Waals surface area contributed by atoms with Gasteiger partial charge in [0, 0.05) is 51.6 Å². The summed E-state index contributed by atoms with van der Waals surface area (Å²) < 4.78 is 12.9. The summed E-state index contributed by atoms with van der Waals surface area (Å²) in [6.07, 6.45) is 16.1. The maximum absolute atomic E-state index is 14.4. The summed E-state index contributed by atoms with van der Waals surface area (Å²) in [6.45, 7) is 8.82. The van der Waals surface area contributed by atoms with Gasteiger partial charge in [-0.25, -0.2) is 4.98 Å². The Morgan fingerprint density at radius 3 is 2.38 bits per heavy atom. The average molecular weight is 767 g/mol. The Morgan fingerprint density at radius 1 is 0.982 bits per heavy atom. The number of rotatable bonds is 24. The van der Waals surface area contributed by atoms with E-state index in [1.165, 1.54) is 6.42 Å². The standard InChI is InChI=1S/C43H70N6O6/c1-5-6-18-37(46-39(28-34-16-11-8-12-17-34)43(53)49-24-19-35(20-25-49)55-31-54-4)42(52)47-38(27-33-14-9-7-10-15-33)40(50)29-36(32(2)3)41(51)45-21-13-23-48-26-22-44-30-48/h8,11-12,16-17,22,26,30,32-33,35-40,46,50H,5-7,9-10,13-15,18-21,23-25,27-29,31H2,1-4H3,(H,45,51)(H,47,52)/t36-,37-,38-,39?,40-/m0/s1. The first kappa shape index (κ1) is 44.4. The molecule has 1 aliphatic heterocycles. The molecule has 0 bridgehead atoms. The topological polar surface area (TPSA) is 147 Å². The Labute approximate surface area is 329 Å². The van der Waals surface area contributed by atoms with Crippen LogP contribution in [0.2, 0.25) is 0 Å². The summed E-state index contributed by atoms with van der Waals surface area (Å²) in [5.74, 6) is -0.279. The fraction of sp³-hybridized carbons (Fsp3) is 0.721. The van der Waals surface area contributed by atoms with Gasteiger partial charge >= 0.3 is 0 Å². The Kier molecular flexibility index (Phi) is 19.7. The molecule has 1 saturated carbocycles. The van der Waals surface area contributed by atoms with Crippen molar-refractivity contribution >= 4 is 17.7 Å². The molecule has 12 heteroatoms. The molecule has 4 rings (SSSR count). The molecule has 2 fully saturated rings. The molecule has 3 amide bonds. The van der Waals surface area contributed by atoms with E-state index in [0.29, 0.717) is 44.8 Å². The number of hydrogen-bond donors (Lipinski definition) is 4. The summed E-state index contributed by atoms with van der Waals surface area (Å²) in [4.78, 5) is 48.1. The highest BCUT2D eigenvalue weighted by atomic mass is 16.7. The quantitative estimate of drug-likeness (QED) is 0.0839. The number of unbranched alkanes of at least 4 members (excludes halogenated alkanes) is 1. The van der Waals surface area contributed by atoms with Crippen LogP contribution in [-0.4, -0.2) is 101 Å². The highest BCUT2D eigenvalue weighted by Gasteiger charge is 2.35. The summed E-state index contributed by atoms with van der Waals surface area (Å²) in [6, 6.07) is 8.21. The lowest BCUT2D eigenvalue weighted by Gasteiger charge is -2.36. The minimum Gasteiger partial charge on any atom is -0.391 e. The molecule has 1 aromatic carbocycles. The van der Waals surface area contributed by atoms with Crippen LogP contribution in [0.4, 0.5) is 0 Å². The number of nitrogens with zero attached hydrogens (tertiary/aromatic N) is 3. The molecule has 1 unspecified atom stereocenters. The number of amides is 3. The van der Waals surface area contributed by atoms with Crippen LogP contribution in [0.1, 0.15) is 110 Å². The maximum Gasteiger partial charge on any atom is 0.240 e. The highest BCUT2D eigenvalue weighted by Crippen LogP contribution is 2.30. The number of likely N-dealkylation sites (tertiary alicyclic amines) is 1. The van der Waals surface area contributed by atoms with Gasteiger partial charge in [-0.05, 0) is 62.3 Å². The van der Waals surface area contributed by atoms with Gasteiger partial charge in [0.25, 0.3) is 0 Å². The molecule has 0 radical (unpaired) electrons. The molecule has 55 heavy (non-hydrogen) atoms. The molecule has 4 N–H and O–H groups in total. The lowest BCUT2D eigenvalue weighted by atomic mass is 9.81. The van der Waals surface area contributed by atoms with Crippen LogP contribution in [0.15, 0.2) is 49.1 Å². The lowest BCUT2D eigenvalue weighted by Crippen LogP contribution is -2.58. The van der Waals surface area contributed by atoms with Gasteiger partial charge in [0.15, 0.2) is 0 Å². The number of piperidine rings is 1. The van der Waals surface area contributed by atoms with E-state index in [1.54, 1.807) is 19.6 Å². The van der Waals surface area contributed by atoms with Gasteiger partial charge in [-0.3, -0.25) is 19.7 Å². The van der Waals surface area contributed by atoms with Crippen LogP contribution >= 0.6 is 0 Å². The smallest absolute Gasteiger partial charge is 0.240 e. The third kappa shape index (κ3) is 15.3. The van der Waals surface area contributed by atoms with E-state index in [-0.39, 0.29) is 43.0 Å². The number of aliphatic hydroxyl groups is 1. The molecular weight excluding hydrogens is 697 g/mol. The second-order valence-corrected chi connectivity index (χ2v) is 16.2. The predicted molar refractivity (Wildman–Crippen MR) is 215 cm³/mol. The van der Waals surface area contributed by atoms with Crippen LogP contribution in [-0.2, 0) is 36.8 Å². The minimum absolute atomic E-state index is 0.00895. The van der Waals surface area contributed by atoms with Crippen LogP contribution in [0, 0.1) is 17.8 Å². The number of aryl methyl sites for hydroxylation is 1. The highest BCUT2D eigenvalue weighted by molar-refractivity contribution is 5.86. The molecule has 308 valence electrons. The van der Waals surface area contributed by atoms with Crippen molar-refractivity contribution in [3.05, 3.63) is 54.6 Å². The zero-order valence-electron chi connectivity index (χ0n) is 34.0. The van der Waals surface area contributed by atoms with Gasteiger partial charge in [0.2, 0.25) is 17.7 Å². The van der Waals surface area contributed by atoms with E-state index in [9.17, 15) is 19.5 Å². The summed E-state index contributed by atoms with van der Waals surface area (Å²) >= 11 is 0. The number of carbonyl (C=O) groups excluding carboxylic acids is 3. The molecule has 2 aliphatic rings. The Bertz CT molecular complexity index is 1360. The monoisotopic (exact) mass is 767 g/mol. The number of ether oxygens (including phenoxy) is 2. The van der Waals surface area contributed by atoms with Crippen molar-refractivity contribution in [3.63, 3.8) is 0 Å². The zero-order chi connectivity index (χ0) is 39.4. The van der Waals surface area contributed by atoms with E-state index in [1.807, 2.05) is 59.8 Å². The van der Waals surface area contributed by atoms with Crippen molar-refractivity contribution in [2.75, 3.05) is 33.5 Å². The van der Waals surface area contributed by atoms with Crippen molar-refractivity contribution in [2.24, 2.45) is 17.8 Å². The molecule has 1 aromatic heterocycles. The summed E-state index contributed by atoms with van der Waals surface area (Å²) in [5.41, 5.74) is 1.02. The third-order valence-corrected chi connectivity index (χ3v) is 11.5. The molecule has 1 aliphatic carbocycles. The number of aromatic nitrogens is 2. The fourth-order valence-electron chi connectivity index (χ4n) is 8.14. The normalized spacial score (nSPS) is 18.4. The van der Waals surface area contributed by atoms with Crippen LogP contribution in [0.3, 0.4) is 0 Å². The Hall–Kier alpha value is -3.32. The lowest BCUT2D eigenvalue weighted by molar-refractivity contribution is -0.139. The molecule has 12 nitrogen and oxygen atoms in total. The number of nitrogens with one attached hydrogen (secondary N) is 3. The number of aliphatic hydroxyl groups excluding tert-OH is 1. The SMILES string of the molecule is CCCC[C@H](NC(Cc1ccccc1)C(=O)N1CCC(OCOC)CC1)C(=O)N[C@@H](CC1CCCCC1)[C@@H](O)C[C@H](C(=O)NCCCn1ccnc1)C(C)C. The summed E-state index contributed by atoms with van der Waals surface area (Å²) in [5, 5.41) is 21.8. The van der Waals surface area contributed by atoms with Gasteiger partial charge in [-0.2, -0.15) is 0 Å². The first-order valence-electron chi connectivity index (χ1n) is 21.1. The summed E-state index contributed by atoms with van der Waals surface area (Å²) in [7, 11) is 1.61. The second-order valence-electron chi connectivity index (χ2n) is 16.2. The number of methoxy groups -OCH3 is 1. The van der Waals surface area contributed by atoms with E-state index >= 15 is 0 Å². The number of benzene rings is 1. The van der Waals surface area contributed by atoms with Crippen LogP contribution in [0.5, 0.6) is 0 Å². The molecule has 2 aromatic rings. The zero-order valence-corrected chi connectivity index (χ0v) is 34.0. The minimum atomic E-state index is -0.898. The van der Waals surface area contributed by atoms with Crippen LogP contribution < -0.4 is 16.0 Å². The predicted octanol–water partition coefficient (Wildman–Crippen LogP) is 5.24. The van der Waals surface area contributed by atoms with Crippen molar-refractivity contribution in [1.29, 1.82) is 0 Å². The van der Waals surface area contributed by atoms with Gasteiger partial charge in [0.1, 0.15) is 6.79 Å². The number of carbonyl (C=O) groups is 3. The average Bonchev–Trinajstić information content (AvgIpc) is 3.73. The first-order valence-corrected chi connectivity index (χ1v) is 21.1. The van der Waals surface area contributed by atoms with Gasteiger partial charge in [0.05, 0.1) is 36.7 Å². The Balaban J connectivity index is 1.47. The molecule has 5 atom stereocenters. The van der Waals surface area contributed by atoms with E-state index in [2.05, 4.69) is 27.9 Å². The largest absolute Gasteiger partial charge is 0.391 e.